The van der Waals surface area contributed by atoms with Crippen LogP contribution in [0, 0.1) is 0 Å². The molecule has 3 heterocycles. The van der Waals surface area contributed by atoms with Crippen LogP contribution in [0.2, 0.25) is 0 Å². The van der Waals surface area contributed by atoms with E-state index in [2.05, 4.69) is 39.2 Å². The lowest BCUT2D eigenvalue weighted by Crippen LogP contribution is -2.18. The van der Waals surface area contributed by atoms with Gasteiger partial charge in [-0.15, -0.1) is 5.10 Å². The number of pyridine rings is 1. The smallest absolute Gasteiger partial charge is 0.240 e. The summed E-state index contributed by atoms with van der Waals surface area (Å²) in [6.07, 6.45) is 2.65. The number of hydrogen-bond donors (Lipinski definition) is 1. The van der Waals surface area contributed by atoms with Gasteiger partial charge in [0.25, 0.3) is 0 Å². The summed E-state index contributed by atoms with van der Waals surface area (Å²) < 4.78 is 1.80. The molecule has 1 aliphatic heterocycles. The lowest BCUT2D eigenvalue weighted by molar-refractivity contribution is 0.331. The minimum Gasteiger partial charge on any atom is -0.366 e. The van der Waals surface area contributed by atoms with Gasteiger partial charge in [0.05, 0.1) is 5.69 Å². The molecule has 5 heteroatoms. The van der Waals surface area contributed by atoms with Crippen LogP contribution in [-0.2, 0) is 6.54 Å². The number of likely N-dealkylation sites (tertiary alicyclic amines) is 1. The van der Waals surface area contributed by atoms with Gasteiger partial charge in [-0.1, -0.05) is 30.3 Å². The summed E-state index contributed by atoms with van der Waals surface area (Å²) >= 11 is 0. The number of benzene rings is 1. The molecule has 4 rings (SSSR count). The summed E-state index contributed by atoms with van der Waals surface area (Å²) in [7, 11) is 0. The van der Waals surface area contributed by atoms with Crippen molar-refractivity contribution in [3.8, 4) is 11.3 Å². The molecule has 0 saturated carbocycles. The number of nitrogens with zero attached hydrogens (tertiary/aromatic N) is 4. The fraction of sp³-hybridized carbons (Fsp3) is 0.294. The normalized spacial score (nSPS) is 15.6. The first-order valence-electron chi connectivity index (χ1n) is 7.72. The Hall–Kier alpha value is -2.40. The van der Waals surface area contributed by atoms with E-state index in [1.165, 1.54) is 31.5 Å². The van der Waals surface area contributed by atoms with Crippen molar-refractivity contribution < 1.29 is 0 Å². The molecule has 1 aliphatic rings. The third-order valence-corrected chi connectivity index (χ3v) is 4.23. The van der Waals surface area contributed by atoms with Gasteiger partial charge < -0.3 is 5.73 Å². The fourth-order valence-corrected chi connectivity index (χ4v) is 3.12. The number of aromatic nitrogens is 3. The van der Waals surface area contributed by atoms with Gasteiger partial charge in [0, 0.05) is 12.1 Å². The van der Waals surface area contributed by atoms with Gasteiger partial charge in [0.15, 0.2) is 5.65 Å². The summed E-state index contributed by atoms with van der Waals surface area (Å²) in [5, 5.41) is 4.27. The molecule has 22 heavy (non-hydrogen) atoms. The third kappa shape index (κ3) is 2.44. The molecule has 0 amide bonds. The minimum absolute atomic E-state index is 0.304. The van der Waals surface area contributed by atoms with Crippen LogP contribution in [0.25, 0.3) is 16.9 Å². The molecule has 1 fully saturated rings. The Labute approximate surface area is 129 Å². The lowest BCUT2D eigenvalue weighted by Gasteiger charge is -2.14. The largest absolute Gasteiger partial charge is 0.366 e. The van der Waals surface area contributed by atoms with Crippen molar-refractivity contribution in [2.24, 2.45) is 0 Å². The Kier molecular flexibility index (Phi) is 3.27. The topological polar surface area (TPSA) is 59.5 Å². The van der Waals surface area contributed by atoms with E-state index in [9.17, 15) is 0 Å². The average molecular weight is 293 g/mol. The quantitative estimate of drug-likeness (QED) is 0.806. The summed E-state index contributed by atoms with van der Waals surface area (Å²) in [5.74, 6) is 0.304. The highest BCUT2D eigenvalue weighted by Gasteiger charge is 2.12. The Balaban J connectivity index is 1.64. The van der Waals surface area contributed by atoms with E-state index in [1.54, 1.807) is 4.52 Å². The standard InChI is InChI=1S/C17H19N5/c18-17-19-16-5-3-4-15(22(16)20-17)14-8-6-13(7-9-14)12-21-10-1-2-11-21/h3-9H,1-2,10-12H2,(H2,18,20). The summed E-state index contributed by atoms with van der Waals surface area (Å²) in [4.78, 5) is 6.72. The number of anilines is 1. The van der Waals surface area contributed by atoms with E-state index >= 15 is 0 Å². The maximum absolute atomic E-state index is 5.70. The molecule has 0 radical (unpaired) electrons. The van der Waals surface area contributed by atoms with Crippen molar-refractivity contribution in [3.63, 3.8) is 0 Å². The zero-order chi connectivity index (χ0) is 14.9. The van der Waals surface area contributed by atoms with E-state index in [0.29, 0.717) is 5.95 Å². The molecule has 5 nitrogen and oxygen atoms in total. The third-order valence-electron chi connectivity index (χ3n) is 4.23. The van der Waals surface area contributed by atoms with Crippen LogP contribution in [-0.4, -0.2) is 32.6 Å². The van der Waals surface area contributed by atoms with Crippen LogP contribution in [0.4, 0.5) is 5.95 Å². The average Bonchev–Trinajstić information content (AvgIpc) is 3.16. The first-order valence-corrected chi connectivity index (χ1v) is 7.72. The predicted octanol–water partition coefficient (Wildman–Crippen LogP) is 2.57. The van der Waals surface area contributed by atoms with E-state index in [-0.39, 0.29) is 0 Å². The summed E-state index contributed by atoms with van der Waals surface area (Å²) in [6, 6.07) is 14.6. The number of fused-ring (bicyclic) bond motifs is 1. The van der Waals surface area contributed by atoms with E-state index in [0.717, 1.165) is 23.4 Å². The fourth-order valence-electron chi connectivity index (χ4n) is 3.12. The summed E-state index contributed by atoms with van der Waals surface area (Å²) in [6.45, 7) is 3.49. The van der Waals surface area contributed by atoms with Gasteiger partial charge >= 0.3 is 0 Å². The Morgan fingerprint density at radius 3 is 2.55 bits per heavy atom. The monoisotopic (exact) mass is 293 g/mol. The zero-order valence-corrected chi connectivity index (χ0v) is 12.4. The Bertz CT molecular complexity index is 784. The van der Waals surface area contributed by atoms with Crippen molar-refractivity contribution in [1.29, 1.82) is 0 Å². The van der Waals surface area contributed by atoms with Crippen LogP contribution in [0.5, 0.6) is 0 Å². The van der Waals surface area contributed by atoms with Crippen LogP contribution >= 0.6 is 0 Å². The van der Waals surface area contributed by atoms with Gasteiger partial charge in [0.2, 0.25) is 5.95 Å². The van der Waals surface area contributed by atoms with E-state index in [1.807, 2.05) is 18.2 Å². The molecule has 0 bridgehead atoms. The second-order valence-electron chi connectivity index (χ2n) is 5.83. The van der Waals surface area contributed by atoms with Crippen LogP contribution < -0.4 is 5.73 Å². The Morgan fingerprint density at radius 1 is 1.00 bits per heavy atom. The number of hydrogen-bond acceptors (Lipinski definition) is 4. The first kappa shape index (κ1) is 13.3. The molecule has 1 aromatic carbocycles. The zero-order valence-electron chi connectivity index (χ0n) is 12.4. The number of nitrogen functional groups attached to an aromatic ring is 1. The molecule has 3 aromatic rings. The van der Waals surface area contributed by atoms with Crippen LogP contribution in [0.3, 0.4) is 0 Å². The molecule has 112 valence electrons. The van der Waals surface area contributed by atoms with Crippen LogP contribution in [0.1, 0.15) is 18.4 Å². The molecular formula is C17H19N5. The van der Waals surface area contributed by atoms with Crippen LogP contribution in [0.15, 0.2) is 42.5 Å². The van der Waals surface area contributed by atoms with Gasteiger partial charge in [-0.05, 0) is 43.6 Å². The van der Waals surface area contributed by atoms with Gasteiger partial charge in [-0.25, -0.2) is 4.52 Å². The van der Waals surface area contributed by atoms with Crippen molar-refractivity contribution in [2.75, 3.05) is 18.8 Å². The van der Waals surface area contributed by atoms with Crippen molar-refractivity contribution in [1.82, 2.24) is 19.5 Å². The van der Waals surface area contributed by atoms with Crippen molar-refractivity contribution in [2.45, 2.75) is 19.4 Å². The molecule has 1 saturated heterocycles. The molecule has 2 aromatic heterocycles. The maximum Gasteiger partial charge on any atom is 0.240 e. The van der Waals surface area contributed by atoms with Gasteiger partial charge in [0.1, 0.15) is 0 Å². The number of nitrogens with two attached hydrogens (primary N) is 1. The maximum atomic E-state index is 5.70. The molecular weight excluding hydrogens is 274 g/mol. The molecule has 0 atom stereocenters. The highest BCUT2D eigenvalue weighted by Crippen LogP contribution is 2.22. The predicted molar refractivity (Wildman–Crippen MR) is 87.3 cm³/mol. The summed E-state index contributed by atoms with van der Waals surface area (Å²) in [5.41, 5.74) is 9.97. The minimum atomic E-state index is 0.304. The number of rotatable bonds is 3. The highest BCUT2D eigenvalue weighted by molar-refractivity contribution is 5.63. The molecule has 0 spiro atoms. The Morgan fingerprint density at radius 2 is 1.77 bits per heavy atom. The van der Waals surface area contributed by atoms with Gasteiger partial charge in [-0.3, -0.25) is 4.90 Å². The van der Waals surface area contributed by atoms with Crippen molar-refractivity contribution >= 4 is 11.6 Å². The first-order chi connectivity index (χ1) is 10.8. The highest BCUT2D eigenvalue weighted by atomic mass is 15.3. The molecule has 0 aliphatic carbocycles. The molecule has 2 N–H and O–H groups in total. The van der Waals surface area contributed by atoms with Gasteiger partial charge in [-0.2, -0.15) is 4.98 Å². The lowest BCUT2D eigenvalue weighted by atomic mass is 10.1. The van der Waals surface area contributed by atoms with Crippen molar-refractivity contribution in [3.05, 3.63) is 48.0 Å². The molecule has 0 unspecified atom stereocenters. The van der Waals surface area contributed by atoms with E-state index < -0.39 is 0 Å². The second kappa shape index (κ2) is 5.42. The van der Waals surface area contributed by atoms with E-state index in [4.69, 9.17) is 5.73 Å². The second-order valence-corrected chi connectivity index (χ2v) is 5.83. The SMILES string of the molecule is Nc1nc2cccc(-c3ccc(CN4CCCC4)cc3)n2n1.